The van der Waals surface area contributed by atoms with E-state index in [4.69, 9.17) is 0 Å². The number of benzene rings is 2. The Bertz CT molecular complexity index is 1340. The molecule has 0 radical (unpaired) electrons. The van der Waals surface area contributed by atoms with Crippen molar-refractivity contribution < 1.29 is 9.90 Å². The van der Waals surface area contributed by atoms with Gasteiger partial charge in [-0.2, -0.15) is 0 Å². The van der Waals surface area contributed by atoms with E-state index in [0.717, 1.165) is 17.5 Å². The standard InChI is InChI=1S/C27H26N4O3/c1-2-14-28-27(34)20-16-29-26-24-25(33)22(32)13-15-30(24)21(17-31(20)26)23(18-9-5-3-6-10-18)19-11-7-4-8-12-19/h3-13,15-16,21,23,33H,2,14,17H2,1H3,(H,28,34)/t21-/m1/s1. The molecule has 7 nitrogen and oxygen atoms in total. The fraction of sp³-hybridized carbons (Fsp3) is 0.222. The first-order valence-electron chi connectivity index (χ1n) is 11.5. The molecule has 34 heavy (non-hydrogen) atoms. The van der Waals surface area contributed by atoms with Crippen LogP contribution in [0.1, 0.15) is 46.9 Å². The summed E-state index contributed by atoms with van der Waals surface area (Å²) in [5, 5.41) is 13.7. The molecule has 1 atom stereocenters. The number of carbonyl (C=O) groups excluding carboxylic acids is 1. The summed E-state index contributed by atoms with van der Waals surface area (Å²) < 4.78 is 3.75. The van der Waals surface area contributed by atoms with E-state index in [9.17, 15) is 14.7 Å². The van der Waals surface area contributed by atoms with E-state index >= 15 is 0 Å². The Morgan fingerprint density at radius 2 is 1.74 bits per heavy atom. The maximum absolute atomic E-state index is 12.9. The van der Waals surface area contributed by atoms with E-state index in [1.54, 1.807) is 6.20 Å². The van der Waals surface area contributed by atoms with Gasteiger partial charge in [-0.05, 0) is 17.5 Å². The fourth-order valence-corrected chi connectivity index (χ4v) is 4.80. The maximum atomic E-state index is 12.9. The lowest BCUT2D eigenvalue weighted by Gasteiger charge is -2.36. The molecule has 7 heteroatoms. The van der Waals surface area contributed by atoms with Gasteiger partial charge in [-0.1, -0.05) is 67.6 Å². The van der Waals surface area contributed by atoms with Gasteiger partial charge in [-0.3, -0.25) is 9.59 Å². The summed E-state index contributed by atoms with van der Waals surface area (Å²) in [4.78, 5) is 29.8. The molecule has 0 fully saturated rings. The quantitative estimate of drug-likeness (QED) is 0.462. The van der Waals surface area contributed by atoms with E-state index < -0.39 is 5.43 Å². The second-order valence-corrected chi connectivity index (χ2v) is 8.48. The maximum Gasteiger partial charge on any atom is 0.269 e. The molecular formula is C27H26N4O3. The third-order valence-corrected chi connectivity index (χ3v) is 6.37. The number of hydrogen-bond acceptors (Lipinski definition) is 4. The number of nitrogens with zero attached hydrogens (tertiary/aromatic N) is 3. The van der Waals surface area contributed by atoms with Crippen LogP contribution in [-0.4, -0.2) is 31.7 Å². The lowest BCUT2D eigenvalue weighted by molar-refractivity contribution is 0.0942. The average Bonchev–Trinajstić information content (AvgIpc) is 3.30. The van der Waals surface area contributed by atoms with Gasteiger partial charge in [0, 0.05) is 31.3 Å². The molecule has 2 N–H and O–H groups in total. The number of rotatable bonds is 6. The van der Waals surface area contributed by atoms with Crippen molar-refractivity contribution in [3.8, 4) is 17.3 Å². The summed E-state index contributed by atoms with van der Waals surface area (Å²) in [5.74, 6) is -0.265. The van der Waals surface area contributed by atoms with Crippen molar-refractivity contribution in [2.75, 3.05) is 6.54 Å². The molecule has 172 valence electrons. The van der Waals surface area contributed by atoms with Crippen LogP contribution < -0.4 is 10.7 Å². The van der Waals surface area contributed by atoms with Crippen LogP contribution in [0.3, 0.4) is 0 Å². The molecule has 5 rings (SSSR count). The zero-order chi connectivity index (χ0) is 23.7. The predicted molar refractivity (Wildman–Crippen MR) is 130 cm³/mol. The van der Waals surface area contributed by atoms with Gasteiger partial charge in [0.25, 0.3) is 5.91 Å². The lowest BCUT2D eigenvalue weighted by atomic mass is 9.83. The molecule has 3 heterocycles. The zero-order valence-electron chi connectivity index (χ0n) is 18.9. The van der Waals surface area contributed by atoms with Gasteiger partial charge in [0.2, 0.25) is 5.43 Å². The number of nitrogens with one attached hydrogen (secondary N) is 1. The molecular weight excluding hydrogens is 428 g/mol. The van der Waals surface area contributed by atoms with Gasteiger partial charge in [0.05, 0.1) is 12.2 Å². The number of imidazole rings is 1. The average molecular weight is 455 g/mol. The smallest absolute Gasteiger partial charge is 0.269 e. The van der Waals surface area contributed by atoms with Crippen molar-refractivity contribution >= 4 is 5.91 Å². The Labute approximate surface area is 197 Å². The van der Waals surface area contributed by atoms with Crippen LogP contribution in [0, 0.1) is 0 Å². The first-order valence-corrected chi connectivity index (χ1v) is 11.5. The monoisotopic (exact) mass is 454 g/mol. The highest BCUT2D eigenvalue weighted by atomic mass is 16.3. The highest BCUT2D eigenvalue weighted by Crippen LogP contribution is 2.43. The van der Waals surface area contributed by atoms with Crippen LogP contribution in [0.4, 0.5) is 0 Å². The normalized spacial score (nSPS) is 14.5. The van der Waals surface area contributed by atoms with Crippen molar-refractivity contribution in [3.63, 3.8) is 0 Å². The molecule has 4 aromatic rings. The van der Waals surface area contributed by atoms with Crippen molar-refractivity contribution in [1.29, 1.82) is 0 Å². The highest BCUT2D eigenvalue weighted by Gasteiger charge is 2.36. The third-order valence-electron chi connectivity index (χ3n) is 6.37. The summed E-state index contributed by atoms with van der Waals surface area (Å²) in [5.41, 5.74) is 2.46. The molecule has 1 aliphatic rings. The minimum Gasteiger partial charge on any atom is -0.503 e. The summed E-state index contributed by atoms with van der Waals surface area (Å²) >= 11 is 0. The van der Waals surface area contributed by atoms with E-state index in [1.165, 1.54) is 12.3 Å². The summed E-state index contributed by atoms with van der Waals surface area (Å²) in [6.07, 6.45) is 4.05. The molecule has 1 aliphatic heterocycles. The second-order valence-electron chi connectivity index (χ2n) is 8.48. The van der Waals surface area contributed by atoms with Gasteiger partial charge >= 0.3 is 0 Å². The van der Waals surface area contributed by atoms with Crippen LogP contribution in [0.25, 0.3) is 11.5 Å². The Morgan fingerprint density at radius 3 is 2.35 bits per heavy atom. The molecule has 0 saturated carbocycles. The minimum atomic E-state index is -0.477. The van der Waals surface area contributed by atoms with Crippen LogP contribution in [0.5, 0.6) is 5.75 Å². The fourth-order valence-electron chi connectivity index (χ4n) is 4.80. The molecule has 2 aromatic carbocycles. The van der Waals surface area contributed by atoms with Gasteiger partial charge < -0.3 is 19.6 Å². The molecule has 0 saturated heterocycles. The molecule has 0 aliphatic carbocycles. The Hall–Kier alpha value is -4.13. The molecule has 2 aromatic heterocycles. The van der Waals surface area contributed by atoms with Crippen molar-refractivity contribution in [1.82, 2.24) is 19.4 Å². The van der Waals surface area contributed by atoms with E-state index in [-0.39, 0.29) is 23.6 Å². The van der Waals surface area contributed by atoms with Gasteiger partial charge in [0.15, 0.2) is 11.6 Å². The Balaban J connectivity index is 1.72. The first-order chi connectivity index (χ1) is 16.6. The molecule has 0 bridgehead atoms. The van der Waals surface area contributed by atoms with E-state index in [2.05, 4.69) is 34.6 Å². The summed E-state index contributed by atoms with van der Waals surface area (Å²) in [6.45, 7) is 3.00. The Kier molecular flexibility index (Phi) is 5.76. The second kappa shape index (κ2) is 9.02. The van der Waals surface area contributed by atoms with E-state index in [1.807, 2.05) is 52.5 Å². The van der Waals surface area contributed by atoms with Crippen molar-refractivity contribution in [2.45, 2.75) is 31.8 Å². The first kappa shape index (κ1) is 21.7. The van der Waals surface area contributed by atoms with Crippen LogP contribution in [0.15, 0.2) is 83.9 Å². The SMILES string of the molecule is CCCNC(=O)c1cnc2n1C[C@H](C(c1ccccc1)c1ccccc1)n1ccc(=O)c(O)c1-2. The van der Waals surface area contributed by atoms with Crippen LogP contribution in [0.2, 0.25) is 0 Å². The Morgan fingerprint density at radius 1 is 1.09 bits per heavy atom. The van der Waals surface area contributed by atoms with Crippen molar-refractivity contribution in [2.24, 2.45) is 0 Å². The van der Waals surface area contributed by atoms with Gasteiger partial charge in [0.1, 0.15) is 11.4 Å². The van der Waals surface area contributed by atoms with Crippen molar-refractivity contribution in [3.05, 3.63) is 106 Å². The summed E-state index contributed by atoms with van der Waals surface area (Å²) in [6, 6.07) is 21.5. The molecule has 0 unspecified atom stereocenters. The molecule has 1 amide bonds. The topological polar surface area (TPSA) is 89.2 Å². The van der Waals surface area contributed by atoms with Gasteiger partial charge in [-0.25, -0.2) is 4.98 Å². The number of fused-ring (bicyclic) bond motifs is 3. The highest BCUT2D eigenvalue weighted by molar-refractivity contribution is 5.93. The number of aromatic hydroxyl groups is 1. The molecule has 0 spiro atoms. The minimum absolute atomic E-state index is 0.0924. The van der Waals surface area contributed by atoms with Crippen LogP contribution >= 0.6 is 0 Å². The lowest BCUT2D eigenvalue weighted by Crippen LogP contribution is -2.33. The largest absolute Gasteiger partial charge is 0.503 e. The number of hydrogen-bond donors (Lipinski definition) is 2. The number of pyridine rings is 1. The predicted octanol–water partition coefficient (Wildman–Crippen LogP) is 3.94. The zero-order valence-corrected chi connectivity index (χ0v) is 18.9. The van der Waals surface area contributed by atoms with E-state index in [0.29, 0.717) is 30.3 Å². The van der Waals surface area contributed by atoms with Crippen LogP contribution in [-0.2, 0) is 6.54 Å². The van der Waals surface area contributed by atoms with Gasteiger partial charge in [-0.15, -0.1) is 0 Å². The number of amides is 1. The number of aromatic nitrogens is 3. The third kappa shape index (κ3) is 3.69. The number of carbonyl (C=O) groups is 1. The summed E-state index contributed by atoms with van der Waals surface area (Å²) in [7, 11) is 0.